The fourth-order valence-electron chi connectivity index (χ4n) is 1.63. The molecule has 0 bridgehead atoms. The summed E-state index contributed by atoms with van der Waals surface area (Å²) in [4.78, 5) is -0.105. The van der Waals surface area contributed by atoms with Gasteiger partial charge in [0.05, 0.1) is 11.1 Å². The largest absolute Gasteiger partial charge is 0.324 e. The van der Waals surface area contributed by atoms with Gasteiger partial charge < -0.3 is 4.52 Å². The zero-order valence-corrected chi connectivity index (χ0v) is 14.3. The van der Waals surface area contributed by atoms with Crippen LogP contribution in [-0.2, 0) is 23.4 Å². The molecular weight excluding hydrogens is 323 g/mol. The van der Waals surface area contributed by atoms with Crippen molar-refractivity contribution in [2.45, 2.75) is 31.8 Å². The SMILES string of the molecule is Cc1cccc(Cl)c1S(=O)(=O)OCP(C)(=O)OC(C)C. The molecule has 0 spiro atoms. The van der Waals surface area contributed by atoms with Crippen LogP contribution in [-0.4, -0.2) is 27.5 Å². The molecule has 1 aromatic carbocycles. The van der Waals surface area contributed by atoms with E-state index in [2.05, 4.69) is 0 Å². The van der Waals surface area contributed by atoms with E-state index < -0.39 is 23.8 Å². The highest BCUT2D eigenvalue weighted by Crippen LogP contribution is 2.44. The lowest BCUT2D eigenvalue weighted by Gasteiger charge is -2.17. The van der Waals surface area contributed by atoms with Crippen molar-refractivity contribution in [1.82, 2.24) is 0 Å². The Morgan fingerprint density at radius 2 is 1.95 bits per heavy atom. The Morgan fingerprint density at radius 1 is 1.35 bits per heavy atom. The quantitative estimate of drug-likeness (QED) is 0.584. The van der Waals surface area contributed by atoms with E-state index in [0.717, 1.165) is 0 Å². The lowest BCUT2D eigenvalue weighted by Crippen LogP contribution is -2.12. The Labute approximate surface area is 124 Å². The molecule has 1 aromatic rings. The fraction of sp³-hybridized carbons (Fsp3) is 0.500. The van der Waals surface area contributed by atoms with Crippen molar-refractivity contribution in [3.8, 4) is 0 Å². The van der Waals surface area contributed by atoms with E-state index in [1.807, 2.05) is 0 Å². The summed E-state index contributed by atoms with van der Waals surface area (Å²) in [6.07, 6.45) is -0.794. The predicted octanol–water partition coefficient (Wildman–Crippen LogP) is 3.64. The molecule has 1 rings (SSSR count). The minimum absolute atomic E-state index is 0.0701. The van der Waals surface area contributed by atoms with Crippen LogP contribution in [0.15, 0.2) is 23.1 Å². The minimum Gasteiger partial charge on any atom is -0.324 e. The van der Waals surface area contributed by atoms with Gasteiger partial charge in [-0.25, -0.2) is 0 Å². The average Bonchev–Trinajstić information content (AvgIpc) is 2.24. The third kappa shape index (κ3) is 4.86. The van der Waals surface area contributed by atoms with Gasteiger partial charge in [0.1, 0.15) is 11.2 Å². The van der Waals surface area contributed by atoms with Crippen molar-refractivity contribution in [2.24, 2.45) is 0 Å². The molecule has 1 unspecified atom stereocenters. The monoisotopic (exact) mass is 340 g/mol. The van der Waals surface area contributed by atoms with Gasteiger partial charge in [-0.05, 0) is 32.4 Å². The molecule has 20 heavy (non-hydrogen) atoms. The van der Waals surface area contributed by atoms with Crippen LogP contribution in [0.4, 0.5) is 0 Å². The van der Waals surface area contributed by atoms with Crippen LogP contribution in [0.1, 0.15) is 19.4 Å². The van der Waals surface area contributed by atoms with Gasteiger partial charge in [-0.3, -0.25) is 8.75 Å². The van der Waals surface area contributed by atoms with Crippen molar-refractivity contribution < 1.29 is 21.7 Å². The van der Waals surface area contributed by atoms with Crippen molar-refractivity contribution in [2.75, 3.05) is 13.0 Å². The van der Waals surface area contributed by atoms with Crippen molar-refractivity contribution in [1.29, 1.82) is 0 Å². The van der Waals surface area contributed by atoms with Gasteiger partial charge in [0.25, 0.3) is 10.1 Å². The van der Waals surface area contributed by atoms with Crippen molar-refractivity contribution in [3.63, 3.8) is 0 Å². The zero-order valence-electron chi connectivity index (χ0n) is 11.8. The van der Waals surface area contributed by atoms with E-state index >= 15 is 0 Å². The number of aryl methyl sites for hydroxylation is 1. The molecular formula is C12H18ClO5PS. The van der Waals surface area contributed by atoms with Crippen LogP contribution >= 0.6 is 19.0 Å². The molecule has 5 nitrogen and oxygen atoms in total. The first kappa shape index (κ1) is 17.7. The Kier molecular flexibility index (Phi) is 5.81. The summed E-state index contributed by atoms with van der Waals surface area (Å²) >= 11 is 5.89. The van der Waals surface area contributed by atoms with Gasteiger partial charge in [-0.1, -0.05) is 23.7 Å². The van der Waals surface area contributed by atoms with E-state index in [-0.39, 0.29) is 16.0 Å². The van der Waals surface area contributed by atoms with Crippen LogP contribution in [0.5, 0.6) is 0 Å². The lowest BCUT2D eigenvalue weighted by molar-refractivity contribution is 0.230. The molecule has 8 heteroatoms. The number of halogens is 1. The molecule has 0 aliphatic rings. The standard InChI is InChI=1S/C12H18ClO5PS/c1-9(2)18-19(4,14)8-17-20(15,16)12-10(3)6-5-7-11(12)13/h5-7,9H,8H2,1-4H3. The van der Waals surface area contributed by atoms with Gasteiger partial charge in [0.15, 0.2) is 0 Å². The maximum atomic E-state index is 12.1. The summed E-state index contributed by atoms with van der Waals surface area (Å²) in [5.41, 5.74) is 0.466. The van der Waals surface area contributed by atoms with Gasteiger partial charge in [-0.2, -0.15) is 8.42 Å². The number of hydrogen-bond donors (Lipinski definition) is 0. The van der Waals surface area contributed by atoms with Crippen molar-refractivity contribution >= 4 is 29.1 Å². The molecule has 0 N–H and O–H groups in total. The fourth-order valence-corrected chi connectivity index (χ4v) is 5.30. The molecule has 0 saturated carbocycles. The molecule has 0 aliphatic carbocycles. The highest BCUT2D eigenvalue weighted by atomic mass is 35.5. The molecule has 0 radical (unpaired) electrons. The summed E-state index contributed by atoms with van der Waals surface area (Å²) in [6, 6.07) is 4.71. The zero-order chi connectivity index (χ0) is 15.6. The third-order valence-electron chi connectivity index (χ3n) is 2.29. The van der Waals surface area contributed by atoms with E-state index in [9.17, 15) is 13.0 Å². The Hall–Kier alpha value is -0.390. The smallest absolute Gasteiger partial charge is 0.299 e. The predicted molar refractivity (Wildman–Crippen MR) is 79.1 cm³/mol. The molecule has 0 amide bonds. The first-order valence-corrected chi connectivity index (χ1v) is 9.99. The van der Waals surface area contributed by atoms with E-state index in [4.69, 9.17) is 20.3 Å². The van der Waals surface area contributed by atoms with E-state index in [1.165, 1.54) is 12.7 Å². The highest BCUT2D eigenvalue weighted by Gasteiger charge is 2.26. The number of benzene rings is 1. The van der Waals surface area contributed by atoms with E-state index in [0.29, 0.717) is 5.56 Å². The lowest BCUT2D eigenvalue weighted by atomic mass is 10.2. The summed E-state index contributed by atoms with van der Waals surface area (Å²) in [5, 5.41) is 0.0701. The second-order valence-corrected chi connectivity index (χ2v) is 9.21. The number of hydrogen-bond acceptors (Lipinski definition) is 5. The Bertz CT molecular complexity index is 606. The second kappa shape index (κ2) is 6.58. The Morgan fingerprint density at radius 3 is 2.45 bits per heavy atom. The van der Waals surface area contributed by atoms with Crippen LogP contribution in [0.3, 0.4) is 0 Å². The first-order chi connectivity index (χ1) is 9.05. The topological polar surface area (TPSA) is 69.7 Å². The molecule has 0 heterocycles. The van der Waals surface area contributed by atoms with Crippen LogP contribution in [0.25, 0.3) is 0 Å². The molecule has 1 atom stereocenters. The second-order valence-electron chi connectivity index (χ2n) is 4.76. The van der Waals surface area contributed by atoms with Crippen LogP contribution < -0.4 is 0 Å². The third-order valence-corrected chi connectivity index (χ3v) is 5.83. The summed E-state index contributed by atoms with van der Waals surface area (Å²) in [6.45, 7) is 6.37. The molecule has 0 fully saturated rings. The molecule has 0 saturated heterocycles. The van der Waals surface area contributed by atoms with Crippen LogP contribution in [0.2, 0.25) is 5.02 Å². The van der Waals surface area contributed by atoms with E-state index in [1.54, 1.807) is 32.9 Å². The van der Waals surface area contributed by atoms with Gasteiger partial charge >= 0.3 is 0 Å². The normalized spacial score (nSPS) is 15.3. The van der Waals surface area contributed by atoms with Gasteiger partial charge in [0.2, 0.25) is 7.37 Å². The highest BCUT2D eigenvalue weighted by molar-refractivity contribution is 7.87. The summed E-state index contributed by atoms with van der Waals surface area (Å²) in [7, 11) is -7.22. The van der Waals surface area contributed by atoms with Crippen molar-refractivity contribution in [3.05, 3.63) is 28.8 Å². The summed E-state index contributed by atoms with van der Waals surface area (Å²) in [5.74, 6) is 0. The summed E-state index contributed by atoms with van der Waals surface area (Å²) < 4.78 is 46.3. The molecule has 0 aromatic heterocycles. The molecule has 0 aliphatic heterocycles. The maximum Gasteiger partial charge on any atom is 0.299 e. The average molecular weight is 341 g/mol. The minimum atomic E-state index is -4.07. The van der Waals surface area contributed by atoms with Gasteiger partial charge in [0, 0.05) is 6.66 Å². The first-order valence-electron chi connectivity index (χ1n) is 5.94. The maximum absolute atomic E-state index is 12.1. The molecule has 114 valence electrons. The van der Waals surface area contributed by atoms with Crippen LogP contribution in [0, 0.1) is 6.92 Å². The Balaban J connectivity index is 2.95. The number of rotatable bonds is 6. The van der Waals surface area contributed by atoms with Gasteiger partial charge in [-0.15, -0.1) is 0 Å².